The fourth-order valence-electron chi connectivity index (χ4n) is 1.83. The average Bonchev–Trinajstić information content (AvgIpc) is 2.48. The van der Waals surface area contributed by atoms with Crippen LogP contribution in [0.3, 0.4) is 0 Å². The largest absolute Gasteiger partial charge is 0.467 e. The minimum Gasteiger partial charge on any atom is -0.467 e. The second kappa shape index (κ2) is 6.91. The van der Waals surface area contributed by atoms with Crippen LogP contribution in [0.5, 0.6) is 0 Å². The summed E-state index contributed by atoms with van der Waals surface area (Å²) in [6.07, 6.45) is 0. The van der Waals surface area contributed by atoms with Crippen LogP contribution in [-0.4, -0.2) is 13.1 Å². The summed E-state index contributed by atoms with van der Waals surface area (Å²) in [4.78, 5) is 12.0. The van der Waals surface area contributed by atoms with Crippen LogP contribution in [0, 0.1) is 5.82 Å². The highest BCUT2D eigenvalue weighted by Crippen LogP contribution is 2.30. The van der Waals surface area contributed by atoms with Gasteiger partial charge in [-0.15, -0.1) is 0 Å². The first-order valence-electron chi connectivity index (χ1n) is 6.06. The summed E-state index contributed by atoms with van der Waals surface area (Å²) in [6, 6.07) is 10.1. The number of rotatable bonds is 4. The maximum atomic E-state index is 12.9. The SMILES string of the molecule is COC(=O)C(Nc1ccc(F)cc1)c1cc(Cl)ccc1Br. The molecule has 3 nitrogen and oxygen atoms in total. The van der Waals surface area contributed by atoms with E-state index in [4.69, 9.17) is 16.3 Å². The third-order valence-electron chi connectivity index (χ3n) is 2.86. The summed E-state index contributed by atoms with van der Waals surface area (Å²) in [7, 11) is 1.31. The van der Waals surface area contributed by atoms with Gasteiger partial charge in [0.15, 0.2) is 6.04 Å². The van der Waals surface area contributed by atoms with Gasteiger partial charge in [-0.2, -0.15) is 0 Å². The molecule has 0 amide bonds. The van der Waals surface area contributed by atoms with Crippen molar-refractivity contribution in [3.8, 4) is 0 Å². The van der Waals surface area contributed by atoms with Gasteiger partial charge in [0.2, 0.25) is 0 Å². The normalized spacial score (nSPS) is 11.8. The van der Waals surface area contributed by atoms with Gasteiger partial charge in [0.25, 0.3) is 0 Å². The summed E-state index contributed by atoms with van der Waals surface area (Å²) in [5.74, 6) is -0.818. The number of hydrogen-bond donors (Lipinski definition) is 1. The molecule has 6 heteroatoms. The third kappa shape index (κ3) is 3.95. The first-order chi connectivity index (χ1) is 10.0. The highest BCUT2D eigenvalue weighted by atomic mass is 79.9. The van der Waals surface area contributed by atoms with Crippen molar-refractivity contribution in [1.82, 2.24) is 0 Å². The van der Waals surface area contributed by atoms with Gasteiger partial charge in [0.05, 0.1) is 7.11 Å². The van der Waals surface area contributed by atoms with E-state index in [1.165, 1.54) is 19.2 Å². The van der Waals surface area contributed by atoms with Crippen molar-refractivity contribution in [2.24, 2.45) is 0 Å². The second-order valence-corrected chi connectivity index (χ2v) is 5.56. The molecule has 110 valence electrons. The first kappa shape index (κ1) is 15.8. The van der Waals surface area contributed by atoms with Gasteiger partial charge < -0.3 is 10.1 Å². The lowest BCUT2D eigenvalue weighted by molar-refractivity contribution is -0.141. The zero-order valence-electron chi connectivity index (χ0n) is 11.1. The predicted molar refractivity (Wildman–Crippen MR) is 83.9 cm³/mol. The molecule has 2 rings (SSSR count). The molecule has 0 aliphatic carbocycles. The monoisotopic (exact) mass is 371 g/mol. The van der Waals surface area contributed by atoms with E-state index in [2.05, 4.69) is 21.2 Å². The van der Waals surface area contributed by atoms with Gasteiger partial charge >= 0.3 is 5.97 Å². The highest BCUT2D eigenvalue weighted by Gasteiger charge is 2.24. The van der Waals surface area contributed by atoms with E-state index in [0.29, 0.717) is 16.3 Å². The summed E-state index contributed by atoms with van der Waals surface area (Å²) in [5, 5.41) is 3.51. The quantitative estimate of drug-likeness (QED) is 0.799. The molecule has 1 N–H and O–H groups in total. The van der Waals surface area contributed by atoms with Crippen LogP contribution in [0.2, 0.25) is 5.02 Å². The third-order valence-corrected chi connectivity index (χ3v) is 3.82. The lowest BCUT2D eigenvalue weighted by Gasteiger charge is -2.19. The van der Waals surface area contributed by atoms with Gasteiger partial charge in [-0.25, -0.2) is 9.18 Å². The van der Waals surface area contributed by atoms with Crippen molar-refractivity contribution in [3.05, 3.63) is 63.3 Å². The number of benzene rings is 2. The number of carbonyl (C=O) groups is 1. The van der Waals surface area contributed by atoms with E-state index in [0.717, 1.165) is 4.47 Å². The average molecular weight is 373 g/mol. The van der Waals surface area contributed by atoms with Crippen molar-refractivity contribution in [2.45, 2.75) is 6.04 Å². The summed E-state index contributed by atoms with van der Waals surface area (Å²) in [6.45, 7) is 0. The molecule has 0 heterocycles. The van der Waals surface area contributed by atoms with Crippen LogP contribution >= 0.6 is 27.5 Å². The Morgan fingerprint density at radius 2 is 1.95 bits per heavy atom. The first-order valence-corrected chi connectivity index (χ1v) is 7.23. The van der Waals surface area contributed by atoms with E-state index < -0.39 is 12.0 Å². The second-order valence-electron chi connectivity index (χ2n) is 4.27. The van der Waals surface area contributed by atoms with Gasteiger partial charge in [-0.3, -0.25) is 0 Å². The molecule has 2 aromatic carbocycles. The number of ether oxygens (including phenoxy) is 1. The number of hydrogen-bond acceptors (Lipinski definition) is 3. The molecule has 0 aromatic heterocycles. The lowest BCUT2D eigenvalue weighted by atomic mass is 10.1. The number of carbonyl (C=O) groups excluding carboxylic acids is 1. The molecule has 0 fully saturated rings. The van der Waals surface area contributed by atoms with Crippen LogP contribution in [0.4, 0.5) is 10.1 Å². The molecule has 0 saturated heterocycles. The number of methoxy groups -OCH3 is 1. The fourth-order valence-corrected chi connectivity index (χ4v) is 2.49. The van der Waals surface area contributed by atoms with Crippen molar-refractivity contribution in [3.63, 3.8) is 0 Å². The molecular formula is C15H12BrClFNO2. The predicted octanol–water partition coefficient (Wildman–Crippen LogP) is 4.57. The topological polar surface area (TPSA) is 38.3 Å². The molecular weight excluding hydrogens is 361 g/mol. The Bertz CT molecular complexity index is 649. The van der Waals surface area contributed by atoms with Gasteiger partial charge in [0, 0.05) is 20.7 Å². The van der Waals surface area contributed by atoms with Crippen LogP contribution in [-0.2, 0) is 9.53 Å². The minimum atomic E-state index is -0.756. The molecule has 21 heavy (non-hydrogen) atoms. The zero-order chi connectivity index (χ0) is 15.4. The Labute approximate surface area is 135 Å². The molecule has 0 bridgehead atoms. The van der Waals surface area contributed by atoms with Crippen molar-refractivity contribution in [1.29, 1.82) is 0 Å². The van der Waals surface area contributed by atoms with Gasteiger partial charge in [-0.05, 0) is 42.5 Å². The Morgan fingerprint density at radius 1 is 1.29 bits per heavy atom. The molecule has 0 aliphatic heterocycles. The van der Waals surface area contributed by atoms with Gasteiger partial charge in [-0.1, -0.05) is 27.5 Å². The van der Waals surface area contributed by atoms with E-state index >= 15 is 0 Å². The molecule has 0 saturated carbocycles. The standard InChI is InChI=1S/C15H12BrClFNO2/c1-21-15(20)14(12-8-9(17)2-7-13(12)16)19-11-5-3-10(18)4-6-11/h2-8,14,19H,1H3. The molecule has 1 atom stereocenters. The smallest absolute Gasteiger partial charge is 0.333 e. The molecule has 0 aliphatic rings. The number of esters is 1. The van der Waals surface area contributed by atoms with Crippen molar-refractivity contribution < 1.29 is 13.9 Å². The Hall–Kier alpha value is -1.59. The van der Waals surface area contributed by atoms with Crippen LogP contribution in [0.1, 0.15) is 11.6 Å². The van der Waals surface area contributed by atoms with Crippen molar-refractivity contribution in [2.75, 3.05) is 12.4 Å². The molecule has 0 radical (unpaired) electrons. The maximum absolute atomic E-state index is 12.9. The van der Waals surface area contributed by atoms with Crippen molar-refractivity contribution >= 4 is 39.2 Å². The zero-order valence-corrected chi connectivity index (χ0v) is 13.4. The Balaban J connectivity index is 2.36. The maximum Gasteiger partial charge on any atom is 0.333 e. The molecule has 0 spiro atoms. The highest BCUT2D eigenvalue weighted by molar-refractivity contribution is 9.10. The van der Waals surface area contributed by atoms with E-state index in [-0.39, 0.29) is 5.82 Å². The summed E-state index contributed by atoms with van der Waals surface area (Å²) >= 11 is 9.37. The number of nitrogens with one attached hydrogen (secondary N) is 1. The summed E-state index contributed by atoms with van der Waals surface area (Å²) < 4.78 is 18.5. The Kier molecular flexibility index (Phi) is 5.20. The number of halogens is 3. The van der Waals surface area contributed by atoms with E-state index in [1.807, 2.05) is 0 Å². The summed E-state index contributed by atoms with van der Waals surface area (Å²) in [5.41, 5.74) is 1.23. The number of anilines is 1. The lowest BCUT2D eigenvalue weighted by Crippen LogP contribution is -2.22. The molecule has 2 aromatic rings. The van der Waals surface area contributed by atoms with Crippen LogP contribution in [0.25, 0.3) is 0 Å². The van der Waals surface area contributed by atoms with Gasteiger partial charge in [0.1, 0.15) is 5.82 Å². The Morgan fingerprint density at radius 3 is 2.57 bits per heavy atom. The van der Waals surface area contributed by atoms with Crippen LogP contribution in [0.15, 0.2) is 46.9 Å². The minimum absolute atomic E-state index is 0.348. The molecule has 1 unspecified atom stereocenters. The van der Waals surface area contributed by atoms with E-state index in [9.17, 15) is 9.18 Å². The van der Waals surface area contributed by atoms with Crippen LogP contribution < -0.4 is 5.32 Å². The fraction of sp³-hybridized carbons (Fsp3) is 0.133. The van der Waals surface area contributed by atoms with E-state index in [1.54, 1.807) is 30.3 Å².